The summed E-state index contributed by atoms with van der Waals surface area (Å²) in [5.74, 6) is -2.70. The number of ketones is 1. The van der Waals surface area contributed by atoms with Crippen LogP contribution in [0.2, 0.25) is 0 Å². The van der Waals surface area contributed by atoms with Gasteiger partial charge < -0.3 is 31.9 Å². The quantitative estimate of drug-likeness (QED) is 0.213. The van der Waals surface area contributed by atoms with Gasteiger partial charge in [0.15, 0.2) is 0 Å². The number of hydrogen-bond donors (Lipinski definition) is 5. The molecular formula is C31H48N6O7. The van der Waals surface area contributed by atoms with Crippen molar-refractivity contribution in [2.24, 2.45) is 22.5 Å². The van der Waals surface area contributed by atoms with Crippen molar-refractivity contribution in [3.8, 4) is 0 Å². The summed E-state index contributed by atoms with van der Waals surface area (Å²) in [5.41, 5.74) is 3.53. The van der Waals surface area contributed by atoms with Crippen LogP contribution in [0.5, 0.6) is 0 Å². The summed E-state index contributed by atoms with van der Waals surface area (Å²) >= 11 is 0. The van der Waals surface area contributed by atoms with E-state index in [1.807, 2.05) is 20.8 Å². The first kappa shape index (κ1) is 34.7. The predicted octanol–water partition coefficient (Wildman–Crippen LogP) is 0.852. The number of carbonyl (C=O) groups excluding carboxylic acids is 5. The molecule has 1 aliphatic carbocycles. The van der Waals surface area contributed by atoms with E-state index in [-0.39, 0.29) is 18.2 Å². The van der Waals surface area contributed by atoms with Gasteiger partial charge in [0, 0.05) is 18.7 Å². The molecule has 13 nitrogen and oxygen atoms in total. The van der Waals surface area contributed by atoms with Gasteiger partial charge in [0.25, 0.3) is 5.91 Å². The molecule has 4 atom stereocenters. The molecule has 1 saturated carbocycles. The van der Waals surface area contributed by atoms with Crippen LogP contribution in [-0.4, -0.2) is 71.7 Å². The number of urea groups is 1. The van der Waals surface area contributed by atoms with Gasteiger partial charge in [-0.2, -0.15) is 0 Å². The third-order valence-electron chi connectivity index (χ3n) is 8.88. The second kappa shape index (κ2) is 13.5. The Bertz CT molecular complexity index is 1350. The number of rotatable bonds is 12. The highest BCUT2D eigenvalue weighted by atomic mass is 16.2. The van der Waals surface area contributed by atoms with E-state index in [2.05, 4.69) is 21.3 Å². The number of Topliss-reactive ketones (excluding diaryl/α,β-unsaturated/α-hetero) is 1. The van der Waals surface area contributed by atoms with Crippen molar-refractivity contribution < 1.29 is 24.0 Å². The van der Waals surface area contributed by atoms with Gasteiger partial charge in [-0.05, 0) is 42.9 Å². The number of primary amides is 1. The number of amides is 5. The fraction of sp³-hybridized carbons (Fsp3) is 0.710. The van der Waals surface area contributed by atoms with Crippen LogP contribution in [0.25, 0.3) is 0 Å². The zero-order valence-electron chi connectivity index (χ0n) is 26.9. The largest absolute Gasteiger partial charge is 0.379 e. The first-order valence-electron chi connectivity index (χ1n) is 15.4. The van der Waals surface area contributed by atoms with Crippen LogP contribution in [0, 0.1) is 23.7 Å². The van der Waals surface area contributed by atoms with Crippen LogP contribution in [0.3, 0.4) is 0 Å². The molecular weight excluding hydrogens is 568 g/mol. The molecule has 2 aliphatic rings. The van der Waals surface area contributed by atoms with E-state index < -0.39 is 75.4 Å². The van der Waals surface area contributed by atoms with Crippen LogP contribution in [0.15, 0.2) is 9.59 Å². The molecule has 1 aromatic rings. The summed E-state index contributed by atoms with van der Waals surface area (Å²) < 4.78 is 0. The van der Waals surface area contributed by atoms with Crippen molar-refractivity contribution in [2.75, 3.05) is 18.4 Å². The number of carbonyl (C=O) groups is 5. The first-order valence-corrected chi connectivity index (χ1v) is 15.4. The van der Waals surface area contributed by atoms with E-state index in [0.29, 0.717) is 31.4 Å². The summed E-state index contributed by atoms with van der Waals surface area (Å²) in [6, 6.07) is -4.00. The molecule has 1 aliphatic heterocycles. The zero-order valence-corrected chi connectivity index (χ0v) is 26.9. The van der Waals surface area contributed by atoms with E-state index in [4.69, 9.17) is 5.73 Å². The molecule has 6 N–H and O–H groups in total. The zero-order chi connectivity index (χ0) is 33.1. The van der Waals surface area contributed by atoms with E-state index in [0.717, 1.165) is 19.3 Å². The minimum atomic E-state index is -1.11. The van der Waals surface area contributed by atoms with E-state index in [9.17, 15) is 33.6 Å². The first-order chi connectivity index (χ1) is 20.3. The number of likely N-dealkylation sites (tertiary alicyclic amines) is 1. The molecule has 3 rings (SSSR count). The van der Waals surface area contributed by atoms with Crippen LogP contribution in [0.1, 0.15) is 85.6 Å². The number of nitrogens with one attached hydrogen (secondary N) is 4. The fourth-order valence-corrected chi connectivity index (χ4v) is 5.68. The number of hydrogen-bond acceptors (Lipinski definition) is 8. The lowest BCUT2D eigenvalue weighted by Crippen LogP contribution is -2.61. The van der Waals surface area contributed by atoms with Crippen LogP contribution in [-0.2, 0) is 19.2 Å². The monoisotopic (exact) mass is 616 g/mol. The topological polar surface area (TPSA) is 197 Å². The SMILES string of the molecule is Cc1c(NCC(NC(=O)NC(C(=O)N2CCC[C@H]2C(=O)NC(CC2CCC2)C(=O)C(N)=O)C(C)(C)C)C(C)(C)C)c(=O)c1=O. The van der Waals surface area contributed by atoms with Crippen molar-refractivity contribution in [3.05, 3.63) is 26.0 Å². The van der Waals surface area contributed by atoms with Crippen molar-refractivity contribution >= 4 is 35.2 Å². The molecule has 5 amide bonds. The van der Waals surface area contributed by atoms with Crippen molar-refractivity contribution in [1.29, 1.82) is 0 Å². The van der Waals surface area contributed by atoms with Gasteiger partial charge >= 0.3 is 6.03 Å². The normalized spacial score (nSPS) is 19.4. The second-order valence-electron chi connectivity index (χ2n) is 14.4. The molecule has 0 bridgehead atoms. The summed E-state index contributed by atoms with van der Waals surface area (Å²) in [6.45, 7) is 13.2. The molecule has 2 fully saturated rings. The molecule has 13 heteroatoms. The highest BCUT2D eigenvalue weighted by Crippen LogP contribution is 2.31. The molecule has 0 spiro atoms. The lowest BCUT2D eigenvalue weighted by molar-refractivity contribution is -0.143. The van der Waals surface area contributed by atoms with Gasteiger partial charge in [0.05, 0.1) is 17.8 Å². The van der Waals surface area contributed by atoms with Crippen LogP contribution < -0.4 is 37.9 Å². The molecule has 1 heterocycles. The summed E-state index contributed by atoms with van der Waals surface area (Å²) in [6.07, 6.45) is 4.10. The van der Waals surface area contributed by atoms with Gasteiger partial charge in [-0.1, -0.05) is 60.8 Å². The third kappa shape index (κ3) is 8.03. The van der Waals surface area contributed by atoms with Gasteiger partial charge in [0.2, 0.25) is 28.5 Å². The Morgan fingerprint density at radius 1 is 0.886 bits per heavy atom. The lowest BCUT2D eigenvalue weighted by Gasteiger charge is -2.37. The Hall–Kier alpha value is -3.77. The minimum Gasteiger partial charge on any atom is -0.379 e. The summed E-state index contributed by atoms with van der Waals surface area (Å²) in [5, 5.41) is 11.4. The molecule has 44 heavy (non-hydrogen) atoms. The maximum absolute atomic E-state index is 13.9. The Balaban J connectivity index is 1.71. The second-order valence-corrected chi connectivity index (χ2v) is 14.4. The van der Waals surface area contributed by atoms with Crippen LogP contribution >= 0.6 is 0 Å². The number of nitrogens with zero attached hydrogens (tertiary/aromatic N) is 1. The maximum Gasteiger partial charge on any atom is 0.315 e. The average Bonchev–Trinajstić information content (AvgIpc) is 3.40. The summed E-state index contributed by atoms with van der Waals surface area (Å²) in [7, 11) is 0. The van der Waals surface area contributed by atoms with Crippen molar-refractivity contribution in [1.82, 2.24) is 20.9 Å². The lowest BCUT2D eigenvalue weighted by atomic mass is 9.80. The molecule has 0 radical (unpaired) electrons. The molecule has 1 saturated heterocycles. The van der Waals surface area contributed by atoms with Gasteiger partial charge in [-0.3, -0.25) is 28.8 Å². The average molecular weight is 617 g/mol. The Kier molecular flexibility index (Phi) is 10.6. The predicted molar refractivity (Wildman–Crippen MR) is 166 cm³/mol. The van der Waals surface area contributed by atoms with Gasteiger partial charge in [-0.15, -0.1) is 0 Å². The van der Waals surface area contributed by atoms with Crippen molar-refractivity contribution in [2.45, 2.75) is 111 Å². The number of anilines is 1. The summed E-state index contributed by atoms with van der Waals surface area (Å²) in [4.78, 5) is 89.7. The number of nitrogens with two attached hydrogens (primary N) is 1. The maximum atomic E-state index is 13.9. The smallest absolute Gasteiger partial charge is 0.315 e. The van der Waals surface area contributed by atoms with E-state index in [1.165, 1.54) is 4.90 Å². The highest BCUT2D eigenvalue weighted by molar-refractivity contribution is 6.37. The standard InChI is InChI=1S/C31H48N6O7/c1-16-21(24(40)22(16)38)33-15-20(30(2,3)4)35-29(44)36-25(31(5,6)7)28(43)37-13-9-12-19(37)27(42)34-18(23(39)26(32)41)14-17-10-8-11-17/h17-20,25,33H,8-15H2,1-7H3,(H2,32,41)(H,34,42)(H2,35,36,44)/t18?,19-,20?,25?/m0/s1. The van der Waals surface area contributed by atoms with Crippen molar-refractivity contribution in [3.63, 3.8) is 0 Å². The fourth-order valence-electron chi connectivity index (χ4n) is 5.68. The Labute approximate surface area is 258 Å². The molecule has 1 aromatic carbocycles. The molecule has 3 unspecified atom stereocenters. The van der Waals surface area contributed by atoms with E-state index >= 15 is 0 Å². The molecule has 0 aromatic heterocycles. The van der Waals surface area contributed by atoms with Gasteiger partial charge in [0.1, 0.15) is 12.1 Å². The third-order valence-corrected chi connectivity index (χ3v) is 8.88. The Morgan fingerprint density at radius 3 is 2.02 bits per heavy atom. The van der Waals surface area contributed by atoms with Gasteiger partial charge in [-0.25, -0.2) is 4.79 Å². The Morgan fingerprint density at radius 2 is 1.52 bits per heavy atom. The molecule has 244 valence electrons. The minimum absolute atomic E-state index is 0.178. The van der Waals surface area contributed by atoms with E-state index in [1.54, 1.807) is 27.7 Å². The van der Waals surface area contributed by atoms with Crippen LogP contribution in [0.4, 0.5) is 10.5 Å². The highest BCUT2D eigenvalue weighted by Gasteiger charge is 2.43.